The summed E-state index contributed by atoms with van der Waals surface area (Å²) >= 11 is 0. The van der Waals surface area contributed by atoms with Gasteiger partial charge in [0.25, 0.3) is 5.91 Å². The van der Waals surface area contributed by atoms with E-state index in [9.17, 15) is 9.59 Å². The van der Waals surface area contributed by atoms with Gasteiger partial charge in [0.15, 0.2) is 6.61 Å². The molecule has 0 unspecified atom stereocenters. The molecule has 0 heterocycles. The van der Waals surface area contributed by atoms with Crippen LogP contribution in [0.2, 0.25) is 0 Å². The highest BCUT2D eigenvalue weighted by molar-refractivity contribution is 5.89. The molecule has 0 bridgehead atoms. The molecule has 1 aliphatic rings. The summed E-state index contributed by atoms with van der Waals surface area (Å²) < 4.78 is 5.02. The Kier molecular flexibility index (Phi) is 6.59. The maximum Gasteiger partial charge on any atom is 0.331 e. The van der Waals surface area contributed by atoms with Crippen molar-refractivity contribution < 1.29 is 14.3 Å². The molecule has 3 atom stereocenters. The minimum absolute atomic E-state index is 0.183. The van der Waals surface area contributed by atoms with E-state index in [0.717, 1.165) is 24.0 Å². The molecule has 0 saturated heterocycles. The second kappa shape index (κ2) is 8.67. The summed E-state index contributed by atoms with van der Waals surface area (Å²) in [7, 11) is 0. The van der Waals surface area contributed by atoms with E-state index >= 15 is 0 Å². The zero-order valence-corrected chi connectivity index (χ0v) is 14.7. The molecule has 4 nitrogen and oxygen atoms in total. The van der Waals surface area contributed by atoms with E-state index in [4.69, 9.17) is 4.74 Å². The summed E-state index contributed by atoms with van der Waals surface area (Å²) in [6, 6.07) is 7.99. The van der Waals surface area contributed by atoms with E-state index in [1.54, 1.807) is 6.08 Å². The van der Waals surface area contributed by atoms with Crippen molar-refractivity contribution >= 4 is 18.0 Å². The Morgan fingerprint density at radius 3 is 2.83 bits per heavy atom. The van der Waals surface area contributed by atoms with Crippen molar-refractivity contribution in [3.63, 3.8) is 0 Å². The maximum atomic E-state index is 12.0. The average Bonchev–Trinajstić information content (AvgIpc) is 2.55. The van der Waals surface area contributed by atoms with Crippen LogP contribution in [0.15, 0.2) is 30.3 Å². The highest BCUT2D eigenvalue weighted by atomic mass is 16.5. The molecule has 0 aliphatic heterocycles. The smallest absolute Gasteiger partial charge is 0.331 e. The first-order valence-corrected chi connectivity index (χ1v) is 8.66. The first-order chi connectivity index (χ1) is 11.5. The van der Waals surface area contributed by atoms with Crippen LogP contribution in [0.1, 0.15) is 44.2 Å². The predicted molar refractivity (Wildman–Crippen MR) is 95.3 cm³/mol. The number of ether oxygens (including phenoxy) is 1. The van der Waals surface area contributed by atoms with Crippen LogP contribution < -0.4 is 5.32 Å². The highest BCUT2D eigenvalue weighted by Crippen LogP contribution is 2.29. The van der Waals surface area contributed by atoms with Crippen LogP contribution in [0.4, 0.5) is 0 Å². The Morgan fingerprint density at radius 2 is 2.08 bits per heavy atom. The topological polar surface area (TPSA) is 55.4 Å². The van der Waals surface area contributed by atoms with Crippen LogP contribution >= 0.6 is 0 Å². The van der Waals surface area contributed by atoms with Gasteiger partial charge in [-0.1, -0.05) is 56.5 Å². The number of amides is 1. The lowest BCUT2D eigenvalue weighted by molar-refractivity contribution is -0.144. The summed E-state index contributed by atoms with van der Waals surface area (Å²) in [5.74, 6) is 0.346. The molecule has 1 N–H and O–H groups in total. The monoisotopic (exact) mass is 329 g/mol. The van der Waals surface area contributed by atoms with E-state index in [2.05, 4.69) is 19.2 Å². The second-order valence-electron chi connectivity index (χ2n) is 6.80. The summed E-state index contributed by atoms with van der Waals surface area (Å²) in [5.41, 5.74) is 2.06. The third-order valence-electron chi connectivity index (χ3n) is 4.85. The molecule has 1 amide bonds. The highest BCUT2D eigenvalue weighted by Gasteiger charge is 2.28. The molecule has 0 aromatic heterocycles. The molecule has 1 aliphatic carbocycles. The molecule has 4 heteroatoms. The molecule has 1 saturated carbocycles. The minimum atomic E-state index is -0.503. The number of esters is 1. The molecule has 0 spiro atoms. The van der Waals surface area contributed by atoms with Crippen molar-refractivity contribution in [1.29, 1.82) is 0 Å². The lowest BCUT2D eigenvalue weighted by Gasteiger charge is -2.34. The van der Waals surface area contributed by atoms with Gasteiger partial charge in [0.1, 0.15) is 0 Å². The Labute approximate surface area is 144 Å². The van der Waals surface area contributed by atoms with Crippen molar-refractivity contribution in [3.8, 4) is 0 Å². The van der Waals surface area contributed by atoms with E-state index in [1.807, 2.05) is 31.2 Å². The van der Waals surface area contributed by atoms with Gasteiger partial charge in [-0.15, -0.1) is 0 Å². The van der Waals surface area contributed by atoms with Gasteiger partial charge in [0.05, 0.1) is 0 Å². The second-order valence-corrected chi connectivity index (χ2v) is 6.80. The third kappa shape index (κ3) is 5.52. The van der Waals surface area contributed by atoms with E-state index in [1.165, 1.54) is 12.5 Å². The maximum absolute atomic E-state index is 12.0. The summed E-state index contributed by atoms with van der Waals surface area (Å²) in [6.07, 6.45) is 6.39. The molecule has 1 aromatic rings. The molecule has 1 fully saturated rings. The number of hydrogen-bond acceptors (Lipinski definition) is 3. The van der Waals surface area contributed by atoms with Gasteiger partial charge in [-0.05, 0) is 36.8 Å². The van der Waals surface area contributed by atoms with Crippen LogP contribution in [-0.4, -0.2) is 24.5 Å². The van der Waals surface area contributed by atoms with Crippen LogP contribution in [-0.2, 0) is 14.3 Å². The van der Waals surface area contributed by atoms with Gasteiger partial charge in [0, 0.05) is 12.1 Å². The minimum Gasteiger partial charge on any atom is -0.452 e. The van der Waals surface area contributed by atoms with Crippen molar-refractivity contribution in [1.82, 2.24) is 5.32 Å². The van der Waals surface area contributed by atoms with Crippen molar-refractivity contribution in [3.05, 3.63) is 41.5 Å². The van der Waals surface area contributed by atoms with Crippen LogP contribution in [0.5, 0.6) is 0 Å². The van der Waals surface area contributed by atoms with Crippen molar-refractivity contribution in [2.24, 2.45) is 11.8 Å². The normalized spacial score (nSPS) is 23.9. The Hall–Kier alpha value is -2.10. The van der Waals surface area contributed by atoms with Crippen LogP contribution in [0.25, 0.3) is 6.08 Å². The standard InChI is InChI=1S/C20H27NO3/c1-14-6-4-8-17(12-14)10-11-20(23)24-13-19(22)21-18-9-5-7-15(2)16(18)3/h4,6,8,10-12,15-16,18H,5,7,9,13H2,1-3H3,(H,21,22)/b11-10+/t15-,16-,18+/m0/s1. The predicted octanol–water partition coefficient (Wildman–Crippen LogP) is 3.49. The largest absolute Gasteiger partial charge is 0.452 e. The SMILES string of the molecule is Cc1cccc(/C=C/C(=O)OCC(=O)N[C@@H]2CCC[C@H](C)[C@@H]2C)c1. The molecule has 2 rings (SSSR count). The zero-order chi connectivity index (χ0) is 17.5. The van der Waals surface area contributed by atoms with Gasteiger partial charge >= 0.3 is 5.97 Å². The molecular weight excluding hydrogens is 302 g/mol. The Morgan fingerprint density at radius 1 is 1.29 bits per heavy atom. The van der Waals surface area contributed by atoms with Gasteiger partial charge in [-0.3, -0.25) is 4.79 Å². The zero-order valence-electron chi connectivity index (χ0n) is 14.7. The van der Waals surface area contributed by atoms with Gasteiger partial charge in [-0.2, -0.15) is 0 Å². The Bertz CT molecular complexity index is 609. The number of carbonyl (C=O) groups excluding carboxylic acids is 2. The molecule has 1 aromatic carbocycles. The van der Waals surface area contributed by atoms with E-state index in [0.29, 0.717) is 11.8 Å². The number of carbonyl (C=O) groups is 2. The third-order valence-corrected chi connectivity index (χ3v) is 4.85. The van der Waals surface area contributed by atoms with Crippen LogP contribution in [0.3, 0.4) is 0 Å². The fourth-order valence-electron chi connectivity index (χ4n) is 3.16. The first-order valence-electron chi connectivity index (χ1n) is 8.66. The number of benzene rings is 1. The van der Waals surface area contributed by atoms with Gasteiger partial charge < -0.3 is 10.1 Å². The average molecular weight is 329 g/mol. The molecule has 0 radical (unpaired) electrons. The fourth-order valence-corrected chi connectivity index (χ4v) is 3.16. The number of rotatable bonds is 5. The van der Waals surface area contributed by atoms with Crippen molar-refractivity contribution in [2.75, 3.05) is 6.61 Å². The number of aryl methyl sites for hydroxylation is 1. The Balaban J connectivity index is 1.76. The molecule has 130 valence electrons. The van der Waals surface area contributed by atoms with Crippen LogP contribution in [0, 0.1) is 18.8 Å². The number of nitrogens with one attached hydrogen (secondary N) is 1. The lowest BCUT2D eigenvalue weighted by atomic mass is 9.78. The number of hydrogen-bond donors (Lipinski definition) is 1. The summed E-state index contributed by atoms with van der Waals surface area (Å²) in [4.78, 5) is 23.7. The lowest BCUT2D eigenvalue weighted by Crippen LogP contribution is -2.45. The fraction of sp³-hybridized carbons (Fsp3) is 0.500. The summed E-state index contributed by atoms with van der Waals surface area (Å²) in [5, 5.41) is 3.00. The van der Waals surface area contributed by atoms with Gasteiger partial charge in [0.2, 0.25) is 0 Å². The van der Waals surface area contributed by atoms with Gasteiger partial charge in [-0.25, -0.2) is 4.79 Å². The van der Waals surface area contributed by atoms with Crippen molar-refractivity contribution in [2.45, 2.75) is 46.1 Å². The van der Waals surface area contributed by atoms with E-state index in [-0.39, 0.29) is 18.6 Å². The molecule has 24 heavy (non-hydrogen) atoms. The van der Waals surface area contributed by atoms with E-state index < -0.39 is 5.97 Å². The first kappa shape index (κ1) is 18.2. The summed E-state index contributed by atoms with van der Waals surface area (Å²) in [6.45, 7) is 6.16. The quantitative estimate of drug-likeness (QED) is 0.664. The molecular formula is C20H27NO3.